The molecule has 1 aromatic heterocycles. The Morgan fingerprint density at radius 1 is 1.19 bits per heavy atom. The predicted octanol–water partition coefficient (Wildman–Crippen LogP) is 2.92. The lowest BCUT2D eigenvalue weighted by atomic mass is 10.2. The summed E-state index contributed by atoms with van der Waals surface area (Å²) in [4.78, 5) is 21.0. The molecule has 0 bridgehead atoms. The number of thioether (sulfide) groups is 1. The summed E-state index contributed by atoms with van der Waals surface area (Å²) in [5.74, 6) is 2.27. The highest BCUT2D eigenvalue weighted by Gasteiger charge is 2.21. The number of rotatable bonds is 7. The molecule has 1 aromatic carbocycles. The first-order valence-corrected chi connectivity index (χ1v) is 10.3. The molecule has 0 atom stereocenters. The standard InChI is InChI=1S/C20H27N3O3S/c1-15-6-4-5-7-18(15)25-13-12-22-8-10-23(11-9-22)19(24)14-27-20-21-16(2)17(3)26-20/h4-7H,8-14H2,1-3H3. The van der Waals surface area contributed by atoms with Crippen LogP contribution in [0.5, 0.6) is 5.75 Å². The van der Waals surface area contributed by atoms with Gasteiger partial charge in [-0.1, -0.05) is 30.0 Å². The number of nitrogens with zero attached hydrogens (tertiary/aromatic N) is 3. The first kappa shape index (κ1) is 19.8. The highest BCUT2D eigenvalue weighted by atomic mass is 32.2. The lowest BCUT2D eigenvalue weighted by Gasteiger charge is -2.34. The minimum absolute atomic E-state index is 0.143. The number of carbonyl (C=O) groups is 1. The van der Waals surface area contributed by atoms with E-state index in [1.54, 1.807) is 0 Å². The second-order valence-corrected chi connectivity index (χ2v) is 7.67. The average Bonchev–Trinajstić information content (AvgIpc) is 2.99. The fourth-order valence-corrected chi connectivity index (χ4v) is 3.76. The van der Waals surface area contributed by atoms with Gasteiger partial charge in [0.1, 0.15) is 18.1 Å². The summed E-state index contributed by atoms with van der Waals surface area (Å²) in [5, 5.41) is 0.574. The van der Waals surface area contributed by atoms with E-state index in [4.69, 9.17) is 9.15 Å². The molecule has 146 valence electrons. The third kappa shape index (κ3) is 5.49. The van der Waals surface area contributed by atoms with Crippen molar-refractivity contribution in [3.05, 3.63) is 41.3 Å². The molecule has 1 aliphatic heterocycles. The highest BCUT2D eigenvalue weighted by Crippen LogP contribution is 2.21. The average molecular weight is 390 g/mol. The number of aryl methyl sites for hydroxylation is 3. The van der Waals surface area contributed by atoms with Crippen LogP contribution in [0.4, 0.5) is 0 Å². The predicted molar refractivity (Wildman–Crippen MR) is 106 cm³/mol. The SMILES string of the molecule is Cc1ccccc1OCCN1CCN(C(=O)CSc2nc(C)c(C)o2)CC1. The molecule has 1 aliphatic rings. The van der Waals surface area contributed by atoms with E-state index in [1.807, 2.05) is 36.9 Å². The molecule has 0 aliphatic carbocycles. The zero-order chi connectivity index (χ0) is 19.2. The van der Waals surface area contributed by atoms with E-state index in [1.165, 1.54) is 11.8 Å². The van der Waals surface area contributed by atoms with Crippen molar-refractivity contribution in [2.24, 2.45) is 0 Å². The van der Waals surface area contributed by atoms with Crippen LogP contribution in [0, 0.1) is 20.8 Å². The number of aromatic nitrogens is 1. The molecular weight excluding hydrogens is 362 g/mol. The zero-order valence-corrected chi connectivity index (χ0v) is 17.1. The van der Waals surface area contributed by atoms with Gasteiger partial charge in [0.25, 0.3) is 5.22 Å². The summed E-state index contributed by atoms with van der Waals surface area (Å²) in [6.45, 7) is 10.7. The van der Waals surface area contributed by atoms with Crippen molar-refractivity contribution < 1.29 is 13.9 Å². The van der Waals surface area contributed by atoms with Crippen LogP contribution in [-0.2, 0) is 4.79 Å². The van der Waals surface area contributed by atoms with Crippen molar-refractivity contribution in [3.8, 4) is 5.75 Å². The van der Waals surface area contributed by atoms with E-state index in [0.717, 1.165) is 55.5 Å². The molecule has 0 spiro atoms. The number of para-hydroxylation sites is 1. The van der Waals surface area contributed by atoms with Gasteiger partial charge in [-0.25, -0.2) is 4.98 Å². The molecule has 0 unspecified atom stereocenters. The largest absolute Gasteiger partial charge is 0.492 e. The van der Waals surface area contributed by atoms with Crippen molar-refractivity contribution in [1.29, 1.82) is 0 Å². The van der Waals surface area contributed by atoms with Crippen LogP contribution in [0.2, 0.25) is 0 Å². The fraction of sp³-hybridized carbons (Fsp3) is 0.500. The van der Waals surface area contributed by atoms with Crippen molar-refractivity contribution in [2.75, 3.05) is 45.1 Å². The van der Waals surface area contributed by atoms with Gasteiger partial charge in [-0.15, -0.1) is 0 Å². The van der Waals surface area contributed by atoms with Gasteiger partial charge in [-0.2, -0.15) is 0 Å². The summed E-state index contributed by atoms with van der Waals surface area (Å²) in [5.41, 5.74) is 2.04. The zero-order valence-electron chi connectivity index (χ0n) is 16.2. The van der Waals surface area contributed by atoms with E-state index in [2.05, 4.69) is 22.9 Å². The van der Waals surface area contributed by atoms with Crippen LogP contribution in [0.1, 0.15) is 17.0 Å². The minimum Gasteiger partial charge on any atom is -0.492 e. The van der Waals surface area contributed by atoms with Gasteiger partial charge < -0.3 is 14.1 Å². The Morgan fingerprint density at radius 2 is 1.93 bits per heavy atom. The maximum atomic E-state index is 12.4. The first-order valence-electron chi connectivity index (χ1n) is 9.28. The van der Waals surface area contributed by atoms with E-state index < -0.39 is 0 Å². The smallest absolute Gasteiger partial charge is 0.256 e. The van der Waals surface area contributed by atoms with Gasteiger partial charge in [-0.05, 0) is 32.4 Å². The fourth-order valence-electron chi connectivity index (χ4n) is 2.94. The summed E-state index contributed by atoms with van der Waals surface area (Å²) in [6.07, 6.45) is 0. The van der Waals surface area contributed by atoms with Crippen LogP contribution >= 0.6 is 11.8 Å². The van der Waals surface area contributed by atoms with Gasteiger partial charge in [0.05, 0.1) is 11.4 Å². The molecule has 3 rings (SSSR count). The molecule has 1 fully saturated rings. The highest BCUT2D eigenvalue weighted by molar-refractivity contribution is 7.99. The molecule has 2 heterocycles. The molecule has 7 heteroatoms. The Kier molecular flexibility index (Phi) is 6.79. The second-order valence-electron chi connectivity index (χ2n) is 6.75. The lowest BCUT2D eigenvalue weighted by molar-refractivity contribution is -0.130. The van der Waals surface area contributed by atoms with Gasteiger partial charge in [0.2, 0.25) is 5.91 Å². The van der Waals surface area contributed by atoms with Crippen LogP contribution < -0.4 is 4.74 Å². The summed E-state index contributed by atoms with van der Waals surface area (Å²) < 4.78 is 11.4. The Balaban J connectivity index is 1.35. The molecule has 1 amide bonds. The topological polar surface area (TPSA) is 58.8 Å². The second kappa shape index (κ2) is 9.28. The van der Waals surface area contributed by atoms with Crippen LogP contribution in [0.3, 0.4) is 0 Å². The number of ether oxygens (including phenoxy) is 1. The monoisotopic (exact) mass is 389 g/mol. The molecule has 1 saturated heterocycles. The van der Waals surface area contributed by atoms with Gasteiger partial charge in [0, 0.05) is 32.7 Å². The van der Waals surface area contributed by atoms with Crippen LogP contribution in [0.25, 0.3) is 0 Å². The number of amides is 1. The van der Waals surface area contributed by atoms with E-state index in [0.29, 0.717) is 17.6 Å². The van der Waals surface area contributed by atoms with Crippen molar-refractivity contribution in [1.82, 2.24) is 14.8 Å². The number of hydrogen-bond donors (Lipinski definition) is 0. The Bertz CT molecular complexity index is 750. The molecule has 2 aromatic rings. The van der Waals surface area contributed by atoms with Crippen molar-refractivity contribution >= 4 is 17.7 Å². The number of piperazine rings is 1. The van der Waals surface area contributed by atoms with Crippen LogP contribution in [0.15, 0.2) is 33.9 Å². The van der Waals surface area contributed by atoms with Gasteiger partial charge in [0.15, 0.2) is 0 Å². The van der Waals surface area contributed by atoms with Gasteiger partial charge >= 0.3 is 0 Å². The number of benzene rings is 1. The number of hydrogen-bond acceptors (Lipinski definition) is 6. The Morgan fingerprint density at radius 3 is 2.59 bits per heavy atom. The normalized spacial score (nSPS) is 15.1. The Hall–Kier alpha value is -1.99. The molecular formula is C20H27N3O3S. The quantitative estimate of drug-likeness (QED) is 0.679. The summed E-state index contributed by atoms with van der Waals surface area (Å²) in [7, 11) is 0. The Labute approximate surface area is 164 Å². The third-order valence-corrected chi connectivity index (χ3v) is 5.62. The molecule has 27 heavy (non-hydrogen) atoms. The van der Waals surface area contributed by atoms with Crippen molar-refractivity contribution in [3.63, 3.8) is 0 Å². The third-order valence-electron chi connectivity index (χ3n) is 4.81. The summed E-state index contributed by atoms with van der Waals surface area (Å²) >= 11 is 1.37. The maximum absolute atomic E-state index is 12.4. The van der Waals surface area contributed by atoms with E-state index in [-0.39, 0.29) is 5.91 Å². The number of oxazole rings is 1. The first-order chi connectivity index (χ1) is 13.0. The lowest BCUT2D eigenvalue weighted by Crippen LogP contribution is -2.50. The van der Waals surface area contributed by atoms with Crippen LogP contribution in [-0.4, -0.2) is 65.8 Å². The molecule has 0 radical (unpaired) electrons. The van der Waals surface area contributed by atoms with E-state index in [9.17, 15) is 4.79 Å². The van der Waals surface area contributed by atoms with E-state index >= 15 is 0 Å². The summed E-state index contributed by atoms with van der Waals surface area (Å²) in [6, 6.07) is 8.06. The molecule has 0 N–H and O–H groups in total. The maximum Gasteiger partial charge on any atom is 0.256 e. The minimum atomic E-state index is 0.143. The van der Waals surface area contributed by atoms with Crippen molar-refractivity contribution in [2.45, 2.75) is 26.0 Å². The van der Waals surface area contributed by atoms with Gasteiger partial charge in [-0.3, -0.25) is 9.69 Å². The molecule has 0 saturated carbocycles. The number of carbonyl (C=O) groups excluding carboxylic acids is 1. The molecule has 6 nitrogen and oxygen atoms in total.